The lowest BCUT2D eigenvalue weighted by molar-refractivity contribution is -0.134. The molecule has 150 valence electrons. The summed E-state index contributed by atoms with van der Waals surface area (Å²) in [5, 5.41) is 3.64. The average molecular weight is 381 g/mol. The van der Waals surface area contributed by atoms with Gasteiger partial charge in [-0.25, -0.2) is 0 Å². The maximum absolute atomic E-state index is 13.0. The van der Waals surface area contributed by atoms with Gasteiger partial charge in [-0.05, 0) is 49.4 Å². The molecule has 1 amide bonds. The number of hydrogen-bond donors (Lipinski definition) is 1. The molecule has 0 spiro atoms. The van der Waals surface area contributed by atoms with Crippen molar-refractivity contribution in [3.8, 4) is 5.75 Å². The van der Waals surface area contributed by atoms with Crippen LogP contribution in [-0.2, 0) is 11.3 Å². The van der Waals surface area contributed by atoms with Gasteiger partial charge in [-0.1, -0.05) is 49.4 Å². The quantitative estimate of drug-likeness (QED) is 0.740. The van der Waals surface area contributed by atoms with Gasteiger partial charge in [0.2, 0.25) is 5.91 Å². The summed E-state index contributed by atoms with van der Waals surface area (Å²) in [5.41, 5.74) is 2.39. The van der Waals surface area contributed by atoms with E-state index in [9.17, 15) is 4.79 Å². The Morgan fingerprint density at radius 2 is 1.75 bits per heavy atom. The second-order valence-electron chi connectivity index (χ2n) is 7.43. The number of benzene rings is 2. The van der Waals surface area contributed by atoms with E-state index in [2.05, 4.69) is 41.4 Å². The SMILES string of the molecule is CCOc1ccc(CNC2CCN(C(=O)C(CC)c3ccccc3)CC2)cc1. The summed E-state index contributed by atoms with van der Waals surface area (Å²) >= 11 is 0. The molecular weight excluding hydrogens is 348 g/mol. The van der Waals surface area contributed by atoms with Gasteiger partial charge >= 0.3 is 0 Å². The molecule has 3 rings (SSSR count). The van der Waals surface area contributed by atoms with E-state index in [1.807, 2.05) is 37.3 Å². The molecule has 0 aliphatic carbocycles. The third-order valence-corrected chi connectivity index (χ3v) is 5.54. The van der Waals surface area contributed by atoms with Crippen LogP contribution in [0.5, 0.6) is 5.75 Å². The van der Waals surface area contributed by atoms with Gasteiger partial charge in [-0.3, -0.25) is 4.79 Å². The molecule has 1 saturated heterocycles. The van der Waals surface area contributed by atoms with Crippen molar-refractivity contribution in [2.75, 3.05) is 19.7 Å². The number of piperidine rings is 1. The van der Waals surface area contributed by atoms with Gasteiger partial charge in [0.25, 0.3) is 0 Å². The Bertz CT molecular complexity index is 722. The molecule has 4 nitrogen and oxygen atoms in total. The van der Waals surface area contributed by atoms with E-state index in [1.54, 1.807) is 0 Å². The van der Waals surface area contributed by atoms with Crippen LogP contribution in [0.25, 0.3) is 0 Å². The minimum Gasteiger partial charge on any atom is -0.494 e. The molecule has 0 radical (unpaired) electrons. The zero-order valence-electron chi connectivity index (χ0n) is 17.1. The third kappa shape index (κ3) is 5.35. The number of hydrogen-bond acceptors (Lipinski definition) is 3. The smallest absolute Gasteiger partial charge is 0.230 e. The number of carbonyl (C=O) groups excluding carboxylic acids is 1. The van der Waals surface area contributed by atoms with Crippen LogP contribution in [-0.4, -0.2) is 36.5 Å². The van der Waals surface area contributed by atoms with E-state index in [1.165, 1.54) is 5.56 Å². The molecule has 28 heavy (non-hydrogen) atoms. The molecule has 0 saturated carbocycles. The highest BCUT2D eigenvalue weighted by Gasteiger charge is 2.28. The van der Waals surface area contributed by atoms with Crippen LogP contribution in [0.15, 0.2) is 54.6 Å². The Hall–Kier alpha value is -2.33. The van der Waals surface area contributed by atoms with Gasteiger partial charge in [0.05, 0.1) is 12.5 Å². The first-order valence-corrected chi connectivity index (χ1v) is 10.5. The van der Waals surface area contributed by atoms with Crippen molar-refractivity contribution >= 4 is 5.91 Å². The predicted octanol–water partition coefficient (Wildman–Crippen LogP) is 4.36. The first kappa shape index (κ1) is 20.4. The summed E-state index contributed by atoms with van der Waals surface area (Å²) < 4.78 is 5.49. The molecule has 1 unspecified atom stereocenters. The van der Waals surface area contributed by atoms with Crippen molar-refractivity contribution in [2.45, 2.75) is 51.6 Å². The zero-order valence-corrected chi connectivity index (χ0v) is 17.1. The van der Waals surface area contributed by atoms with E-state index in [4.69, 9.17) is 4.74 Å². The molecule has 1 heterocycles. The van der Waals surface area contributed by atoms with Crippen molar-refractivity contribution in [3.05, 3.63) is 65.7 Å². The highest BCUT2D eigenvalue weighted by Crippen LogP contribution is 2.24. The topological polar surface area (TPSA) is 41.6 Å². The second kappa shape index (κ2) is 10.3. The highest BCUT2D eigenvalue weighted by molar-refractivity contribution is 5.83. The molecule has 0 bridgehead atoms. The minimum atomic E-state index is -0.0189. The summed E-state index contributed by atoms with van der Waals surface area (Å²) in [4.78, 5) is 15.0. The normalized spacial score (nSPS) is 16.0. The van der Waals surface area contributed by atoms with Gasteiger partial charge in [-0.2, -0.15) is 0 Å². The van der Waals surface area contributed by atoms with Crippen molar-refractivity contribution < 1.29 is 9.53 Å². The first-order valence-electron chi connectivity index (χ1n) is 10.5. The number of ether oxygens (including phenoxy) is 1. The Kier molecular flexibility index (Phi) is 7.49. The number of rotatable bonds is 8. The summed E-state index contributed by atoms with van der Waals surface area (Å²) in [5.74, 6) is 1.18. The van der Waals surface area contributed by atoms with E-state index in [0.29, 0.717) is 12.6 Å². The number of likely N-dealkylation sites (tertiary alicyclic amines) is 1. The molecule has 2 aromatic rings. The lowest BCUT2D eigenvalue weighted by Gasteiger charge is -2.34. The molecule has 1 aliphatic rings. The molecule has 2 aromatic carbocycles. The van der Waals surface area contributed by atoms with Gasteiger partial charge in [-0.15, -0.1) is 0 Å². The van der Waals surface area contributed by atoms with Crippen LogP contribution in [0.4, 0.5) is 0 Å². The minimum absolute atomic E-state index is 0.0189. The maximum Gasteiger partial charge on any atom is 0.230 e. The van der Waals surface area contributed by atoms with Crippen LogP contribution in [0, 0.1) is 0 Å². The van der Waals surface area contributed by atoms with E-state index < -0.39 is 0 Å². The number of carbonyl (C=O) groups is 1. The van der Waals surface area contributed by atoms with Crippen molar-refractivity contribution in [2.24, 2.45) is 0 Å². The van der Waals surface area contributed by atoms with E-state index in [0.717, 1.165) is 50.2 Å². The summed E-state index contributed by atoms with van der Waals surface area (Å²) in [6.07, 6.45) is 2.86. The molecular formula is C24H32N2O2. The average Bonchev–Trinajstić information content (AvgIpc) is 2.75. The fourth-order valence-electron chi connectivity index (χ4n) is 3.90. The Morgan fingerprint density at radius 3 is 2.36 bits per heavy atom. The number of nitrogens with zero attached hydrogens (tertiary/aromatic N) is 1. The van der Waals surface area contributed by atoms with Gasteiger partial charge < -0.3 is 15.0 Å². The molecule has 0 aromatic heterocycles. The van der Waals surface area contributed by atoms with Gasteiger partial charge in [0, 0.05) is 25.7 Å². The second-order valence-corrected chi connectivity index (χ2v) is 7.43. The fraction of sp³-hybridized carbons (Fsp3) is 0.458. The number of amides is 1. The largest absolute Gasteiger partial charge is 0.494 e. The summed E-state index contributed by atoms with van der Waals surface area (Å²) in [6, 6.07) is 18.9. The fourth-order valence-corrected chi connectivity index (χ4v) is 3.90. The van der Waals surface area contributed by atoms with Crippen LogP contribution in [0.3, 0.4) is 0 Å². The molecule has 1 fully saturated rings. The van der Waals surface area contributed by atoms with Gasteiger partial charge in [0.15, 0.2) is 0 Å². The first-order chi connectivity index (χ1) is 13.7. The van der Waals surface area contributed by atoms with Crippen molar-refractivity contribution in [1.29, 1.82) is 0 Å². The molecule has 1 N–H and O–H groups in total. The molecule has 4 heteroatoms. The standard InChI is InChI=1S/C24H32N2O2/c1-3-23(20-8-6-5-7-9-20)24(27)26-16-14-21(15-17-26)25-18-19-10-12-22(13-11-19)28-4-2/h5-13,21,23,25H,3-4,14-18H2,1-2H3. The maximum atomic E-state index is 13.0. The lowest BCUT2D eigenvalue weighted by atomic mass is 9.93. The molecule has 1 aliphatic heterocycles. The number of nitrogens with one attached hydrogen (secondary N) is 1. The summed E-state index contributed by atoms with van der Waals surface area (Å²) in [7, 11) is 0. The van der Waals surface area contributed by atoms with Crippen LogP contribution in [0.2, 0.25) is 0 Å². The highest BCUT2D eigenvalue weighted by atomic mass is 16.5. The van der Waals surface area contributed by atoms with E-state index >= 15 is 0 Å². The molecule has 1 atom stereocenters. The van der Waals surface area contributed by atoms with Crippen LogP contribution in [0.1, 0.15) is 50.2 Å². The van der Waals surface area contributed by atoms with Crippen LogP contribution >= 0.6 is 0 Å². The Morgan fingerprint density at radius 1 is 1.07 bits per heavy atom. The lowest BCUT2D eigenvalue weighted by Crippen LogP contribution is -2.46. The monoisotopic (exact) mass is 380 g/mol. The van der Waals surface area contributed by atoms with Gasteiger partial charge in [0.1, 0.15) is 5.75 Å². The van der Waals surface area contributed by atoms with Crippen molar-refractivity contribution in [1.82, 2.24) is 10.2 Å². The summed E-state index contributed by atoms with van der Waals surface area (Å²) in [6.45, 7) is 7.31. The Balaban J connectivity index is 1.46. The predicted molar refractivity (Wildman–Crippen MR) is 114 cm³/mol. The zero-order chi connectivity index (χ0) is 19.8. The third-order valence-electron chi connectivity index (χ3n) is 5.54. The Labute approximate surface area is 168 Å². The van der Waals surface area contributed by atoms with Crippen molar-refractivity contribution in [3.63, 3.8) is 0 Å². The van der Waals surface area contributed by atoms with E-state index in [-0.39, 0.29) is 11.8 Å². The van der Waals surface area contributed by atoms with Crippen LogP contribution < -0.4 is 10.1 Å².